The Hall–Kier alpha value is -1.95. The molecule has 0 aliphatic carbocycles. The molecule has 0 unspecified atom stereocenters. The third-order valence-electron chi connectivity index (χ3n) is 6.01. The zero-order valence-corrected chi connectivity index (χ0v) is 16.1. The SMILES string of the molecule is N#C[C@@H]1CCCN1C(=O)[C@@H](N)CN1C[C@@H]2C[C@H]1CN2C(=O)Cc1cccs1. The summed E-state index contributed by atoms with van der Waals surface area (Å²) in [7, 11) is 0. The van der Waals surface area contributed by atoms with Crippen molar-refractivity contribution in [1.82, 2.24) is 14.7 Å². The first-order valence-electron chi connectivity index (χ1n) is 9.58. The highest BCUT2D eigenvalue weighted by molar-refractivity contribution is 7.10. The lowest BCUT2D eigenvalue weighted by Gasteiger charge is -2.35. The lowest BCUT2D eigenvalue weighted by atomic mass is 10.2. The molecule has 2 N–H and O–H groups in total. The zero-order chi connectivity index (χ0) is 19.0. The van der Waals surface area contributed by atoms with Gasteiger partial charge in [-0.3, -0.25) is 14.5 Å². The van der Waals surface area contributed by atoms with E-state index in [1.807, 2.05) is 22.4 Å². The fourth-order valence-electron chi connectivity index (χ4n) is 4.65. The van der Waals surface area contributed by atoms with Crippen LogP contribution in [0, 0.1) is 11.3 Å². The quantitative estimate of drug-likeness (QED) is 0.790. The van der Waals surface area contributed by atoms with Crippen LogP contribution in [0.25, 0.3) is 0 Å². The van der Waals surface area contributed by atoms with Crippen LogP contribution in [0.5, 0.6) is 0 Å². The van der Waals surface area contributed by atoms with E-state index in [1.165, 1.54) is 0 Å². The highest BCUT2D eigenvalue weighted by Gasteiger charge is 2.46. The summed E-state index contributed by atoms with van der Waals surface area (Å²) in [6.07, 6.45) is 3.04. The number of hydrogen-bond donors (Lipinski definition) is 1. The summed E-state index contributed by atoms with van der Waals surface area (Å²) in [6.45, 7) is 2.63. The molecule has 4 rings (SSSR count). The topological polar surface area (TPSA) is 93.7 Å². The molecule has 0 radical (unpaired) electrons. The third-order valence-corrected chi connectivity index (χ3v) is 6.89. The van der Waals surface area contributed by atoms with Crippen molar-refractivity contribution >= 4 is 23.2 Å². The monoisotopic (exact) mass is 387 g/mol. The molecule has 0 spiro atoms. The standard InChI is InChI=1S/C19H25N5O2S/c20-9-13-3-1-5-23(13)19(26)17(21)12-22-10-15-7-14(22)11-24(15)18(25)8-16-4-2-6-27-16/h2,4,6,13-15,17H,1,3,5,7-8,10-12,21H2/t13-,14-,15-,17-/m0/s1. The van der Waals surface area contributed by atoms with Crippen molar-refractivity contribution in [2.75, 3.05) is 26.2 Å². The minimum absolute atomic E-state index is 0.118. The van der Waals surface area contributed by atoms with Crippen molar-refractivity contribution in [3.05, 3.63) is 22.4 Å². The van der Waals surface area contributed by atoms with Crippen molar-refractivity contribution in [2.24, 2.45) is 5.73 Å². The molecule has 0 aromatic carbocycles. The Balaban J connectivity index is 1.30. The second-order valence-electron chi connectivity index (χ2n) is 7.72. The molecule has 144 valence electrons. The van der Waals surface area contributed by atoms with Gasteiger partial charge < -0.3 is 15.5 Å². The van der Waals surface area contributed by atoms with Gasteiger partial charge in [-0.1, -0.05) is 6.07 Å². The van der Waals surface area contributed by atoms with E-state index >= 15 is 0 Å². The number of amides is 2. The van der Waals surface area contributed by atoms with Crippen LogP contribution < -0.4 is 5.73 Å². The second-order valence-corrected chi connectivity index (χ2v) is 8.76. The normalized spacial score (nSPS) is 28.5. The average Bonchev–Trinajstić information content (AvgIpc) is 3.43. The van der Waals surface area contributed by atoms with Crippen LogP contribution in [0.1, 0.15) is 24.1 Å². The van der Waals surface area contributed by atoms with Crippen LogP contribution in [0.3, 0.4) is 0 Å². The van der Waals surface area contributed by atoms with Gasteiger partial charge in [0.05, 0.1) is 18.5 Å². The van der Waals surface area contributed by atoms with E-state index in [1.54, 1.807) is 16.2 Å². The molecular formula is C19H25N5O2S. The maximum Gasteiger partial charge on any atom is 0.241 e. The van der Waals surface area contributed by atoms with Gasteiger partial charge in [-0.2, -0.15) is 5.26 Å². The lowest BCUT2D eigenvalue weighted by molar-refractivity contribution is -0.135. The molecule has 7 nitrogen and oxygen atoms in total. The largest absolute Gasteiger partial charge is 0.336 e. The molecule has 0 saturated carbocycles. The molecule has 2 amide bonds. The molecule has 3 saturated heterocycles. The molecule has 1 aromatic heterocycles. The predicted molar refractivity (Wildman–Crippen MR) is 102 cm³/mol. The predicted octanol–water partition coefficient (Wildman–Crippen LogP) is 0.418. The number of carbonyl (C=O) groups excluding carboxylic acids is 2. The zero-order valence-electron chi connectivity index (χ0n) is 15.3. The van der Waals surface area contributed by atoms with Crippen molar-refractivity contribution in [3.63, 3.8) is 0 Å². The molecule has 2 bridgehead atoms. The van der Waals surface area contributed by atoms with Crippen LogP contribution in [0.2, 0.25) is 0 Å². The number of piperazine rings is 1. The smallest absolute Gasteiger partial charge is 0.241 e. The second kappa shape index (κ2) is 7.58. The number of rotatable bonds is 5. The number of thiophene rings is 1. The van der Waals surface area contributed by atoms with Gasteiger partial charge in [0.1, 0.15) is 6.04 Å². The molecule has 8 heteroatoms. The maximum absolute atomic E-state index is 12.6. The van der Waals surface area contributed by atoms with Gasteiger partial charge in [-0.15, -0.1) is 11.3 Å². The van der Waals surface area contributed by atoms with E-state index in [4.69, 9.17) is 5.73 Å². The molecule has 27 heavy (non-hydrogen) atoms. The van der Waals surface area contributed by atoms with Crippen LogP contribution in [-0.2, 0) is 16.0 Å². The number of nitrogens with zero attached hydrogens (tertiary/aromatic N) is 4. The van der Waals surface area contributed by atoms with Gasteiger partial charge in [0, 0.05) is 43.1 Å². The van der Waals surface area contributed by atoms with Gasteiger partial charge in [0.25, 0.3) is 0 Å². The maximum atomic E-state index is 12.6. The van der Waals surface area contributed by atoms with Crippen molar-refractivity contribution < 1.29 is 9.59 Å². The van der Waals surface area contributed by atoms with Gasteiger partial charge in [0.2, 0.25) is 11.8 Å². The van der Waals surface area contributed by atoms with Crippen molar-refractivity contribution in [2.45, 2.75) is 49.9 Å². The molecule has 1 aromatic rings. The van der Waals surface area contributed by atoms with E-state index in [9.17, 15) is 14.9 Å². The van der Waals surface area contributed by atoms with Gasteiger partial charge in [-0.05, 0) is 30.7 Å². The number of carbonyl (C=O) groups is 2. The molecule has 3 aliphatic rings. The first-order chi connectivity index (χ1) is 13.1. The van der Waals surface area contributed by atoms with Crippen LogP contribution in [0.15, 0.2) is 17.5 Å². The minimum Gasteiger partial charge on any atom is -0.336 e. The van der Waals surface area contributed by atoms with E-state index in [2.05, 4.69) is 11.0 Å². The van der Waals surface area contributed by atoms with Gasteiger partial charge in [-0.25, -0.2) is 0 Å². The Kier molecular flexibility index (Phi) is 5.17. The van der Waals surface area contributed by atoms with Crippen molar-refractivity contribution in [3.8, 4) is 6.07 Å². The van der Waals surface area contributed by atoms with E-state index in [-0.39, 0.29) is 29.9 Å². The first-order valence-corrected chi connectivity index (χ1v) is 10.5. The lowest BCUT2D eigenvalue weighted by Crippen LogP contribution is -2.55. The highest BCUT2D eigenvalue weighted by Crippen LogP contribution is 2.31. The fraction of sp³-hybridized carbons (Fsp3) is 0.632. The molecule has 4 heterocycles. The Morgan fingerprint density at radius 1 is 1.33 bits per heavy atom. The number of fused-ring (bicyclic) bond motifs is 2. The van der Waals surface area contributed by atoms with E-state index in [0.717, 1.165) is 37.2 Å². The summed E-state index contributed by atoms with van der Waals surface area (Å²) >= 11 is 1.62. The summed E-state index contributed by atoms with van der Waals surface area (Å²) in [5, 5.41) is 11.2. The summed E-state index contributed by atoms with van der Waals surface area (Å²) in [5.41, 5.74) is 6.19. The summed E-state index contributed by atoms with van der Waals surface area (Å²) in [5.74, 6) is 0.0753. The minimum atomic E-state index is -0.603. The Morgan fingerprint density at radius 3 is 2.85 bits per heavy atom. The Morgan fingerprint density at radius 2 is 2.19 bits per heavy atom. The number of nitriles is 1. The summed E-state index contributed by atoms with van der Waals surface area (Å²) < 4.78 is 0. The van der Waals surface area contributed by atoms with Crippen LogP contribution in [0.4, 0.5) is 0 Å². The Bertz CT molecular complexity index is 746. The fourth-order valence-corrected chi connectivity index (χ4v) is 5.35. The highest BCUT2D eigenvalue weighted by atomic mass is 32.1. The summed E-state index contributed by atoms with van der Waals surface area (Å²) in [4.78, 5) is 32.2. The molecule has 4 atom stereocenters. The van der Waals surface area contributed by atoms with E-state index in [0.29, 0.717) is 19.5 Å². The number of nitrogens with two attached hydrogens (primary N) is 1. The first kappa shape index (κ1) is 18.4. The average molecular weight is 388 g/mol. The molecular weight excluding hydrogens is 362 g/mol. The Labute approximate surface area is 163 Å². The van der Waals surface area contributed by atoms with Gasteiger partial charge >= 0.3 is 0 Å². The van der Waals surface area contributed by atoms with E-state index < -0.39 is 6.04 Å². The van der Waals surface area contributed by atoms with Crippen molar-refractivity contribution in [1.29, 1.82) is 5.26 Å². The number of likely N-dealkylation sites (tertiary alicyclic amines) is 3. The van der Waals surface area contributed by atoms with Crippen LogP contribution in [-0.4, -0.2) is 76.9 Å². The number of hydrogen-bond acceptors (Lipinski definition) is 6. The van der Waals surface area contributed by atoms with Gasteiger partial charge in [0.15, 0.2) is 0 Å². The van der Waals surface area contributed by atoms with Crippen LogP contribution >= 0.6 is 11.3 Å². The third kappa shape index (κ3) is 3.59. The summed E-state index contributed by atoms with van der Waals surface area (Å²) in [6, 6.07) is 5.75. The molecule has 3 fully saturated rings. The molecule has 3 aliphatic heterocycles.